The summed E-state index contributed by atoms with van der Waals surface area (Å²) in [5.74, 6) is 1.36. The molecule has 0 saturated heterocycles. The van der Waals surface area contributed by atoms with Gasteiger partial charge in [0.05, 0.1) is 0 Å². The predicted octanol–water partition coefficient (Wildman–Crippen LogP) is 4.67. The summed E-state index contributed by atoms with van der Waals surface area (Å²) in [6, 6.07) is 20.7. The lowest BCUT2D eigenvalue weighted by atomic mass is 10.1. The summed E-state index contributed by atoms with van der Waals surface area (Å²) >= 11 is 0. The van der Waals surface area contributed by atoms with Gasteiger partial charge in [-0.05, 0) is 48.4 Å². The van der Waals surface area contributed by atoms with E-state index in [0.717, 1.165) is 17.9 Å². The molecule has 3 aromatic rings. The molecule has 4 nitrogen and oxygen atoms in total. The summed E-state index contributed by atoms with van der Waals surface area (Å²) < 4.78 is 11.2. The zero-order valence-corrected chi connectivity index (χ0v) is 13.5. The van der Waals surface area contributed by atoms with Crippen LogP contribution in [0.25, 0.3) is 0 Å². The van der Waals surface area contributed by atoms with Gasteiger partial charge in [0.2, 0.25) is 0 Å². The zero-order valence-electron chi connectivity index (χ0n) is 13.5. The Balaban J connectivity index is 1.61. The lowest BCUT2D eigenvalue weighted by Gasteiger charge is -2.05. The van der Waals surface area contributed by atoms with Crippen LogP contribution in [0.3, 0.4) is 0 Å². The fourth-order valence-electron chi connectivity index (χ4n) is 2.31. The van der Waals surface area contributed by atoms with Crippen molar-refractivity contribution in [2.24, 2.45) is 0 Å². The molecule has 0 saturated carbocycles. The van der Waals surface area contributed by atoms with E-state index in [1.54, 1.807) is 12.1 Å². The van der Waals surface area contributed by atoms with Gasteiger partial charge in [0.25, 0.3) is 5.91 Å². The minimum atomic E-state index is -0.269. The SMILES string of the molecule is CCc1cccc(NC(=O)c2ccc(COc3ccccc3)o2)c1. The second-order valence-electron chi connectivity index (χ2n) is 5.38. The third-order valence-electron chi connectivity index (χ3n) is 3.60. The van der Waals surface area contributed by atoms with Crippen LogP contribution in [0, 0.1) is 0 Å². The number of para-hydroxylation sites is 1. The second kappa shape index (κ2) is 7.51. The Hall–Kier alpha value is -3.01. The molecule has 0 fully saturated rings. The standard InChI is InChI=1S/C20H19NO3/c1-2-15-7-6-8-16(13-15)21-20(22)19-12-11-18(24-19)14-23-17-9-4-3-5-10-17/h3-13H,2,14H2,1H3,(H,21,22). The number of nitrogens with one attached hydrogen (secondary N) is 1. The molecule has 1 aromatic heterocycles. The fraction of sp³-hybridized carbons (Fsp3) is 0.150. The van der Waals surface area contributed by atoms with E-state index in [9.17, 15) is 4.79 Å². The third kappa shape index (κ3) is 4.04. The van der Waals surface area contributed by atoms with Crippen LogP contribution in [0.5, 0.6) is 5.75 Å². The Morgan fingerprint density at radius 2 is 1.88 bits per heavy atom. The number of benzene rings is 2. The van der Waals surface area contributed by atoms with Crippen LogP contribution in [0.1, 0.15) is 28.8 Å². The van der Waals surface area contributed by atoms with Gasteiger partial charge < -0.3 is 14.5 Å². The molecule has 1 heterocycles. The smallest absolute Gasteiger partial charge is 0.291 e. The van der Waals surface area contributed by atoms with E-state index in [4.69, 9.17) is 9.15 Å². The Morgan fingerprint density at radius 1 is 1.04 bits per heavy atom. The molecule has 122 valence electrons. The molecule has 0 bridgehead atoms. The second-order valence-corrected chi connectivity index (χ2v) is 5.38. The highest BCUT2D eigenvalue weighted by atomic mass is 16.5. The number of aryl methyl sites for hydroxylation is 1. The minimum Gasteiger partial charge on any atom is -0.486 e. The van der Waals surface area contributed by atoms with Crippen molar-refractivity contribution in [3.8, 4) is 5.75 Å². The fourth-order valence-corrected chi connectivity index (χ4v) is 2.31. The summed E-state index contributed by atoms with van der Waals surface area (Å²) in [6.45, 7) is 2.36. The van der Waals surface area contributed by atoms with Crippen LogP contribution >= 0.6 is 0 Å². The summed E-state index contributed by atoms with van der Waals surface area (Å²) in [5.41, 5.74) is 1.93. The van der Waals surface area contributed by atoms with Crippen LogP contribution in [0.4, 0.5) is 5.69 Å². The topological polar surface area (TPSA) is 51.5 Å². The first-order valence-corrected chi connectivity index (χ1v) is 7.91. The van der Waals surface area contributed by atoms with Gasteiger partial charge in [-0.25, -0.2) is 0 Å². The van der Waals surface area contributed by atoms with E-state index < -0.39 is 0 Å². The molecule has 2 aromatic carbocycles. The number of hydrogen-bond acceptors (Lipinski definition) is 3. The number of carbonyl (C=O) groups is 1. The molecule has 1 amide bonds. The highest BCUT2D eigenvalue weighted by Gasteiger charge is 2.12. The van der Waals surface area contributed by atoms with E-state index in [2.05, 4.69) is 12.2 Å². The molecule has 24 heavy (non-hydrogen) atoms. The van der Waals surface area contributed by atoms with Crippen molar-refractivity contribution in [2.45, 2.75) is 20.0 Å². The first kappa shape index (κ1) is 15.9. The monoisotopic (exact) mass is 321 g/mol. The molecule has 0 aliphatic rings. The first-order valence-electron chi connectivity index (χ1n) is 7.91. The van der Waals surface area contributed by atoms with Crippen LogP contribution in [-0.2, 0) is 13.0 Å². The predicted molar refractivity (Wildman–Crippen MR) is 93.3 cm³/mol. The molecule has 0 radical (unpaired) electrons. The van der Waals surface area contributed by atoms with Gasteiger partial charge in [-0.15, -0.1) is 0 Å². The van der Waals surface area contributed by atoms with Crippen molar-refractivity contribution in [3.05, 3.63) is 83.8 Å². The number of furan rings is 1. The van der Waals surface area contributed by atoms with E-state index in [1.165, 1.54) is 5.56 Å². The normalized spacial score (nSPS) is 10.4. The maximum Gasteiger partial charge on any atom is 0.291 e. The lowest BCUT2D eigenvalue weighted by Crippen LogP contribution is -2.11. The lowest BCUT2D eigenvalue weighted by molar-refractivity contribution is 0.0992. The van der Waals surface area contributed by atoms with Gasteiger partial charge in [0.15, 0.2) is 5.76 Å². The highest BCUT2D eigenvalue weighted by molar-refractivity contribution is 6.02. The summed E-state index contributed by atoms with van der Waals surface area (Å²) in [6.07, 6.45) is 0.922. The van der Waals surface area contributed by atoms with E-state index in [0.29, 0.717) is 5.76 Å². The Labute approximate surface area is 141 Å². The largest absolute Gasteiger partial charge is 0.486 e. The van der Waals surface area contributed by atoms with Gasteiger partial charge in [-0.2, -0.15) is 0 Å². The average molecular weight is 321 g/mol. The van der Waals surface area contributed by atoms with Crippen molar-refractivity contribution >= 4 is 11.6 Å². The molecule has 0 spiro atoms. The van der Waals surface area contributed by atoms with Crippen molar-refractivity contribution in [3.63, 3.8) is 0 Å². The molecule has 0 unspecified atom stereocenters. The highest BCUT2D eigenvalue weighted by Crippen LogP contribution is 2.16. The van der Waals surface area contributed by atoms with Gasteiger partial charge in [-0.1, -0.05) is 37.3 Å². The number of rotatable bonds is 6. The quantitative estimate of drug-likeness (QED) is 0.717. The first-order chi connectivity index (χ1) is 11.7. The van der Waals surface area contributed by atoms with Crippen LogP contribution in [0.2, 0.25) is 0 Å². The van der Waals surface area contributed by atoms with Gasteiger partial charge >= 0.3 is 0 Å². The number of amides is 1. The third-order valence-corrected chi connectivity index (χ3v) is 3.60. The summed E-state index contributed by atoms with van der Waals surface area (Å²) in [4.78, 5) is 12.3. The number of ether oxygens (including phenoxy) is 1. The van der Waals surface area contributed by atoms with Crippen LogP contribution in [0.15, 0.2) is 71.1 Å². The maximum absolute atomic E-state index is 12.3. The zero-order chi connectivity index (χ0) is 16.8. The molecule has 0 aliphatic heterocycles. The van der Waals surface area contributed by atoms with Crippen LogP contribution in [-0.4, -0.2) is 5.91 Å². The molecule has 4 heteroatoms. The van der Waals surface area contributed by atoms with Gasteiger partial charge in [0, 0.05) is 5.69 Å². The van der Waals surface area contributed by atoms with E-state index >= 15 is 0 Å². The molecule has 1 N–H and O–H groups in total. The molecular weight excluding hydrogens is 302 g/mol. The van der Waals surface area contributed by atoms with Crippen molar-refractivity contribution in [1.82, 2.24) is 0 Å². The van der Waals surface area contributed by atoms with E-state index in [-0.39, 0.29) is 18.3 Å². The Bertz CT molecular complexity index is 809. The molecule has 0 atom stereocenters. The van der Waals surface area contributed by atoms with Crippen molar-refractivity contribution in [1.29, 1.82) is 0 Å². The Kier molecular flexibility index (Phi) is 4.96. The van der Waals surface area contributed by atoms with Gasteiger partial charge in [0.1, 0.15) is 18.1 Å². The molecule has 3 rings (SSSR count). The van der Waals surface area contributed by atoms with Crippen molar-refractivity contribution in [2.75, 3.05) is 5.32 Å². The number of carbonyl (C=O) groups excluding carboxylic acids is 1. The Morgan fingerprint density at radius 3 is 2.67 bits per heavy atom. The molecule has 0 aliphatic carbocycles. The molecular formula is C20H19NO3. The minimum absolute atomic E-state index is 0.267. The summed E-state index contributed by atoms with van der Waals surface area (Å²) in [5, 5.41) is 2.85. The number of anilines is 1. The average Bonchev–Trinajstić information content (AvgIpc) is 3.10. The summed E-state index contributed by atoms with van der Waals surface area (Å²) in [7, 11) is 0. The van der Waals surface area contributed by atoms with Gasteiger partial charge in [-0.3, -0.25) is 4.79 Å². The van der Waals surface area contributed by atoms with E-state index in [1.807, 2.05) is 54.6 Å². The van der Waals surface area contributed by atoms with Crippen LogP contribution < -0.4 is 10.1 Å². The number of hydrogen-bond donors (Lipinski definition) is 1. The van der Waals surface area contributed by atoms with Crippen molar-refractivity contribution < 1.29 is 13.9 Å². The maximum atomic E-state index is 12.3.